The number of anilines is 1. The highest BCUT2D eigenvalue weighted by Gasteiger charge is 2.43. The molecule has 4 rings (SSSR count). The molecular formula is C15H18F3N5O. The number of hydrogen-bond acceptors (Lipinski definition) is 5. The summed E-state index contributed by atoms with van der Waals surface area (Å²) in [4.78, 5) is 2.07. The lowest BCUT2D eigenvalue weighted by Gasteiger charge is -2.24. The van der Waals surface area contributed by atoms with Gasteiger partial charge in [-0.15, -0.1) is 15.3 Å². The zero-order valence-corrected chi connectivity index (χ0v) is 13.5. The molecule has 0 amide bonds. The Morgan fingerprint density at radius 1 is 1.12 bits per heavy atom. The molecule has 9 heteroatoms. The van der Waals surface area contributed by atoms with E-state index >= 15 is 0 Å². The van der Waals surface area contributed by atoms with Crippen LogP contribution in [0.15, 0.2) is 0 Å². The number of fused-ring (bicyclic) bond motifs is 1. The number of nitrogens with zero attached hydrogens (tertiary/aromatic N) is 5. The first kappa shape index (κ1) is 15.6. The van der Waals surface area contributed by atoms with Crippen molar-refractivity contribution in [3.05, 3.63) is 17.0 Å². The van der Waals surface area contributed by atoms with Gasteiger partial charge in [-0.3, -0.25) is 0 Å². The Bertz CT molecular complexity index is 794. The van der Waals surface area contributed by atoms with Crippen LogP contribution in [-0.2, 0) is 10.9 Å². The standard InChI is InChI=1S/C15H18F3N5O/c1-9-10(2)12(22-5-3-14(7-22)4-6-24-8-14)21-23-11(9)19-20-13(23)15(16,17)18/h3-8H2,1-2H3. The molecule has 24 heavy (non-hydrogen) atoms. The first-order chi connectivity index (χ1) is 11.3. The topological polar surface area (TPSA) is 55.5 Å². The zero-order valence-electron chi connectivity index (χ0n) is 13.5. The summed E-state index contributed by atoms with van der Waals surface area (Å²) in [5, 5.41) is 11.2. The molecule has 4 heterocycles. The van der Waals surface area contributed by atoms with Crippen molar-refractivity contribution in [3.63, 3.8) is 0 Å². The second-order valence-electron chi connectivity index (χ2n) is 6.80. The molecule has 2 saturated heterocycles. The summed E-state index contributed by atoms with van der Waals surface area (Å²) in [5.74, 6) is -0.506. The predicted octanol–water partition coefficient (Wildman–Crippen LogP) is 2.38. The maximum absolute atomic E-state index is 13.1. The third-order valence-corrected chi connectivity index (χ3v) is 5.25. The number of hydrogen-bond donors (Lipinski definition) is 0. The van der Waals surface area contributed by atoms with Crippen LogP contribution in [0.2, 0.25) is 0 Å². The largest absolute Gasteiger partial charge is 0.453 e. The van der Waals surface area contributed by atoms with Gasteiger partial charge in [-0.25, -0.2) is 0 Å². The number of halogens is 3. The molecule has 0 radical (unpaired) electrons. The Morgan fingerprint density at radius 3 is 2.58 bits per heavy atom. The Hall–Kier alpha value is -1.90. The molecule has 2 fully saturated rings. The van der Waals surface area contributed by atoms with Crippen molar-refractivity contribution < 1.29 is 17.9 Å². The minimum absolute atomic E-state index is 0.108. The van der Waals surface area contributed by atoms with Gasteiger partial charge in [0.15, 0.2) is 11.5 Å². The fraction of sp³-hybridized carbons (Fsp3) is 0.667. The lowest BCUT2D eigenvalue weighted by molar-refractivity contribution is -0.146. The average molecular weight is 341 g/mol. The Labute approximate surface area is 136 Å². The summed E-state index contributed by atoms with van der Waals surface area (Å²) >= 11 is 0. The Balaban J connectivity index is 1.79. The first-order valence-electron chi connectivity index (χ1n) is 7.93. The Kier molecular flexibility index (Phi) is 3.28. The lowest BCUT2D eigenvalue weighted by atomic mass is 9.87. The number of rotatable bonds is 1. The van der Waals surface area contributed by atoms with E-state index < -0.39 is 12.0 Å². The number of ether oxygens (including phenoxy) is 1. The van der Waals surface area contributed by atoms with E-state index in [0.29, 0.717) is 18.0 Å². The van der Waals surface area contributed by atoms with E-state index in [0.717, 1.165) is 42.6 Å². The van der Waals surface area contributed by atoms with Crippen LogP contribution >= 0.6 is 0 Å². The normalized spacial score (nSPS) is 24.6. The van der Waals surface area contributed by atoms with Crippen LogP contribution in [0.4, 0.5) is 19.0 Å². The first-order valence-corrected chi connectivity index (χ1v) is 7.93. The summed E-state index contributed by atoms with van der Waals surface area (Å²) in [6, 6.07) is 0. The molecule has 2 aromatic heterocycles. The molecule has 0 bridgehead atoms. The predicted molar refractivity (Wildman–Crippen MR) is 80.0 cm³/mol. The third-order valence-electron chi connectivity index (χ3n) is 5.25. The van der Waals surface area contributed by atoms with Crippen molar-refractivity contribution in [3.8, 4) is 0 Å². The summed E-state index contributed by atoms with van der Waals surface area (Å²) < 4.78 is 45.8. The van der Waals surface area contributed by atoms with Gasteiger partial charge < -0.3 is 9.64 Å². The van der Waals surface area contributed by atoms with E-state index in [-0.39, 0.29) is 11.1 Å². The molecule has 0 N–H and O–H groups in total. The molecule has 0 aromatic carbocycles. The van der Waals surface area contributed by atoms with E-state index in [2.05, 4.69) is 20.2 Å². The van der Waals surface area contributed by atoms with E-state index in [9.17, 15) is 13.2 Å². The van der Waals surface area contributed by atoms with Gasteiger partial charge >= 0.3 is 6.18 Å². The minimum Gasteiger partial charge on any atom is -0.381 e. The second kappa shape index (κ2) is 5.05. The van der Waals surface area contributed by atoms with Crippen LogP contribution in [0, 0.1) is 19.3 Å². The van der Waals surface area contributed by atoms with Gasteiger partial charge in [-0.05, 0) is 26.7 Å². The van der Waals surface area contributed by atoms with Crippen LogP contribution in [0.1, 0.15) is 29.8 Å². The summed E-state index contributed by atoms with van der Waals surface area (Å²) in [6.45, 7) is 6.62. The van der Waals surface area contributed by atoms with Crippen molar-refractivity contribution in [1.29, 1.82) is 0 Å². The number of aryl methyl sites for hydroxylation is 1. The van der Waals surface area contributed by atoms with Crippen LogP contribution in [-0.4, -0.2) is 46.1 Å². The van der Waals surface area contributed by atoms with Gasteiger partial charge in [0.1, 0.15) is 0 Å². The van der Waals surface area contributed by atoms with Crippen molar-refractivity contribution >= 4 is 11.5 Å². The van der Waals surface area contributed by atoms with E-state index in [4.69, 9.17) is 4.74 Å². The van der Waals surface area contributed by atoms with Gasteiger partial charge in [0.2, 0.25) is 0 Å². The van der Waals surface area contributed by atoms with Crippen molar-refractivity contribution in [2.45, 2.75) is 32.9 Å². The quantitative estimate of drug-likeness (QED) is 0.797. The van der Waals surface area contributed by atoms with E-state index in [1.807, 2.05) is 6.92 Å². The van der Waals surface area contributed by atoms with E-state index in [1.165, 1.54) is 0 Å². The summed E-state index contributed by atoms with van der Waals surface area (Å²) in [6.07, 6.45) is -2.62. The minimum atomic E-state index is -4.59. The monoisotopic (exact) mass is 341 g/mol. The molecule has 1 unspecified atom stereocenters. The van der Waals surface area contributed by atoms with Gasteiger partial charge in [0.25, 0.3) is 5.82 Å². The maximum Gasteiger partial charge on any atom is 0.453 e. The van der Waals surface area contributed by atoms with Gasteiger partial charge in [-0.1, -0.05) is 0 Å². The molecule has 0 aliphatic carbocycles. The smallest absolute Gasteiger partial charge is 0.381 e. The molecule has 2 aliphatic rings. The van der Waals surface area contributed by atoms with Crippen LogP contribution in [0.3, 0.4) is 0 Å². The summed E-state index contributed by atoms with van der Waals surface area (Å²) in [7, 11) is 0. The van der Waals surface area contributed by atoms with Crippen molar-refractivity contribution in [1.82, 2.24) is 19.8 Å². The molecule has 2 aromatic rings. The second-order valence-corrected chi connectivity index (χ2v) is 6.80. The van der Waals surface area contributed by atoms with Crippen molar-refractivity contribution in [2.75, 3.05) is 31.2 Å². The van der Waals surface area contributed by atoms with Gasteiger partial charge in [0.05, 0.1) is 6.61 Å². The van der Waals surface area contributed by atoms with E-state index in [1.54, 1.807) is 6.92 Å². The summed E-state index contributed by atoms with van der Waals surface area (Å²) in [5.41, 5.74) is 1.78. The van der Waals surface area contributed by atoms with Gasteiger partial charge in [0, 0.05) is 36.2 Å². The molecule has 2 aliphatic heterocycles. The highest BCUT2D eigenvalue weighted by molar-refractivity contribution is 5.59. The highest BCUT2D eigenvalue weighted by Crippen LogP contribution is 2.41. The van der Waals surface area contributed by atoms with Crippen LogP contribution in [0.25, 0.3) is 5.65 Å². The fourth-order valence-electron chi connectivity index (χ4n) is 3.68. The SMILES string of the molecule is Cc1c(N2CCC3(CCOC3)C2)nn2c(C(F)(F)F)nnc2c1C. The van der Waals surface area contributed by atoms with Crippen LogP contribution in [0.5, 0.6) is 0 Å². The highest BCUT2D eigenvalue weighted by atomic mass is 19.4. The Morgan fingerprint density at radius 2 is 1.92 bits per heavy atom. The average Bonchev–Trinajstić information content (AvgIpc) is 3.23. The zero-order chi connectivity index (χ0) is 17.1. The number of aromatic nitrogens is 4. The maximum atomic E-state index is 13.1. The molecule has 130 valence electrons. The third kappa shape index (κ3) is 2.25. The fourth-order valence-corrected chi connectivity index (χ4v) is 3.68. The van der Waals surface area contributed by atoms with Crippen molar-refractivity contribution in [2.24, 2.45) is 5.41 Å². The molecule has 1 spiro atoms. The molecule has 0 saturated carbocycles. The number of alkyl halides is 3. The molecular weight excluding hydrogens is 323 g/mol. The van der Waals surface area contributed by atoms with Gasteiger partial charge in [-0.2, -0.15) is 17.7 Å². The molecule has 6 nitrogen and oxygen atoms in total. The van der Waals surface area contributed by atoms with Crippen LogP contribution < -0.4 is 4.90 Å². The molecule has 1 atom stereocenters. The lowest BCUT2D eigenvalue weighted by Crippen LogP contribution is -2.29.